The molecular formula is C13H20N2O3. The molecular weight excluding hydrogens is 232 g/mol. The Morgan fingerprint density at radius 2 is 2.28 bits per heavy atom. The number of aromatic carboxylic acids is 1. The molecule has 0 aliphatic carbocycles. The fourth-order valence-corrected chi connectivity index (χ4v) is 1.38. The molecule has 0 aliphatic rings. The number of aromatic nitrogens is 1. The van der Waals surface area contributed by atoms with Gasteiger partial charge in [-0.25, -0.2) is 9.78 Å². The van der Waals surface area contributed by atoms with Gasteiger partial charge in [0, 0.05) is 19.3 Å². The van der Waals surface area contributed by atoms with Gasteiger partial charge in [-0.05, 0) is 24.5 Å². The van der Waals surface area contributed by atoms with E-state index in [1.807, 2.05) is 0 Å². The summed E-state index contributed by atoms with van der Waals surface area (Å²) >= 11 is 0. The van der Waals surface area contributed by atoms with Crippen molar-refractivity contribution >= 4 is 11.8 Å². The average molecular weight is 252 g/mol. The van der Waals surface area contributed by atoms with Crippen molar-refractivity contribution in [1.29, 1.82) is 0 Å². The summed E-state index contributed by atoms with van der Waals surface area (Å²) in [6.45, 7) is 6.12. The molecule has 0 saturated carbocycles. The van der Waals surface area contributed by atoms with E-state index >= 15 is 0 Å². The number of nitrogens with one attached hydrogen (secondary N) is 1. The quantitative estimate of drug-likeness (QED) is 0.694. The van der Waals surface area contributed by atoms with Crippen LogP contribution in [0.2, 0.25) is 0 Å². The van der Waals surface area contributed by atoms with Crippen LogP contribution in [-0.2, 0) is 4.74 Å². The highest BCUT2D eigenvalue weighted by atomic mass is 16.5. The largest absolute Gasteiger partial charge is 0.478 e. The van der Waals surface area contributed by atoms with Crippen molar-refractivity contribution in [3.63, 3.8) is 0 Å². The Bertz CT molecular complexity index is 380. The minimum atomic E-state index is -0.980. The molecule has 0 atom stereocenters. The molecule has 0 saturated heterocycles. The lowest BCUT2D eigenvalue weighted by molar-refractivity contribution is 0.0697. The molecule has 100 valence electrons. The van der Waals surface area contributed by atoms with E-state index in [0.29, 0.717) is 24.9 Å². The van der Waals surface area contributed by atoms with Gasteiger partial charge in [0.1, 0.15) is 11.4 Å². The predicted molar refractivity (Wildman–Crippen MR) is 70.0 cm³/mol. The lowest BCUT2D eigenvalue weighted by Crippen LogP contribution is -2.14. The van der Waals surface area contributed by atoms with E-state index in [0.717, 1.165) is 13.0 Å². The summed E-state index contributed by atoms with van der Waals surface area (Å²) < 4.78 is 5.43. The van der Waals surface area contributed by atoms with Gasteiger partial charge < -0.3 is 15.2 Å². The zero-order valence-electron chi connectivity index (χ0n) is 10.8. The monoisotopic (exact) mass is 252 g/mol. The number of carboxylic acids is 1. The fraction of sp³-hybridized carbons (Fsp3) is 0.538. The van der Waals surface area contributed by atoms with Gasteiger partial charge in [0.2, 0.25) is 0 Å². The summed E-state index contributed by atoms with van der Waals surface area (Å²) in [5, 5.41) is 11.9. The highest BCUT2D eigenvalue weighted by Crippen LogP contribution is 2.10. The Morgan fingerprint density at radius 3 is 2.94 bits per heavy atom. The van der Waals surface area contributed by atoms with Crippen LogP contribution in [-0.4, -0.2) is 35.8 Å². The number of carboxylic acid groups (broad SMARTS) is 1. The fourth-order valence-electron chi connectivity index (χ4n) is 1.38. The van der Waals surface area contributed by atoms with Crippen LogP contribution >= 0.6 is 0 Å². The minimum absolute atomic E-state index is 0.180. The molecule has 0 aromatic carbocycles. The van der Waals surface area contributed by atoms with E-state index < -0.39 is 5.97 Å². The molecule has 0 spiro atoms. The standard InChI is InChI=1S/C13H20N2O3/c1-10(2)5-8-18-9-7-15-12-11(13(16)17)4-3-6-14-12/h3-4,6,10H,5,7-9H2,1-2H3,(H,14,15)(H,16,17). The molecule has 1 aromatic rings. The van der Waals surface area contributed by atoms with Crippen molar-refractivity contribution in [2.24, 2.45) is 5.92 Å². The Balaban J connectivity index is 2.29. The highest BCUT2D eigenvalue weighted by molar-refractivity contribution is 5.92. The van der Waals surface area contributed by atoms with Crippen molar-refractivity contribution in [3.05, 3.63) is 23.9 Å². The maximum absolute atomic E-state index is 10.9. The molecule has 2 N–H and O–H groups in total. The molecule has 0 aliphatic heterocycles. The number of carbonyl (C=O) groups is 1. The van der Waals surface area contributed by atoms with E-state index in [1.54, 1.807) is 12.3 Å². The molecule has 1 aromatic heterocycles. The number of pyridine rings is 1. The topological polar surface area (TPSA) is 71.5 Å². The molecule has 1 heterocycles. The van der Waals surface area contributed by atoms with E-state index in [4.69, 9.17) is 9.84 Å². The summed E-state index contributed by atoms with van der Waals surface area (Å²) in [5.74, 6) is 0.0381. The minimum Gasteiger partial charge on any atom is -0.478 e. The highest BCUT2D eigenvalue weighted by Gasteiger charge is 2.09. The molecule has 0 bridgehead atoms. The van der Waals surface area contributed by atoms with Crippen molar-refractivity contribution in [2.45, 2.75) is 20.3 Å². The van der Waals surface area contributed by atoms with E-state index in [9.17, 15) is 4.79 Å². The Kier molecular flexibility index (Phi) is 6.14. The first kappa shape index (κ1) is 14.4. The molecule has 5 heteroatoms. The first-order valence-electron chi connectivity index (χ1n) is 6.11. The molecule has 5 nitrogen and oxygen atoms in total. The van der Waals surface area contributed by atoms with Crippen molar-refractivity contribution in [1.82, 2.24) is 4.98 Å². The first-order valence-corrected chi connectivity index (χ1v) is 6.11. The molecule has 0 unspecified atom stereocenters. The summed E-state index contributed by atoms with van der Waals surface area (Å²) in [5.41, 5.74) is 0.180. The van der Waals surface area contributed by atoms with Crippen LogP contribution in [0.4, 0.5) is 5.82 Å². The Labute approximate surface area is 107 Å². The van der Waals surface area contributed by atoms with Gasteiger partial charge in [-0.1, -0.05) is 13.8 Å². The number of ether oxygens (including phenoxy) is 1. The van der Waals surface area contributed by atoms with Crippen LogP contribution in [0.15, 0.2) is 18.3 Å². The summed E-state index contributed by atoms with van der Waals surface area (Å²) in [7, 11) is 0. The van der Waals surface area contributed by atoms with Crippen LogP contribution in [0.3, 0.4) is 0 Å². The molecule has 0 amide bonds. The number of rotatable bonds is 8. The summed E-state index contributed by atoms with van der Waals surface area (Å²) in [6.07, 6.45) is 2.60. The molecule has 0 radical (unpaired) electrons. The van der Waals surface area contributed by atoms with Gasteiger partial charge in [-0.15, -0.1) is 0 Å². The van der Waals surface area contributed by atoms with E-state index in [2.05, 4.69) is 24.1 Å². The van der Waals surface area contributed by atoms with Gasteiger partial charge in [0.05, 0.1) is 6.61 Å². The second-order valence-corrected chi connectivity index (χ2v) is 4.43. The van der Waals surface area contributed by atoms with Crippen molar-refractivity contribution < 1.29 is 14.6 Å². The Morgan fingerprint density at radius 1 is 1.50 bits per heavy atom. The third-order valence-electron chi connectivity index (χ3n) is 2.42. The van der Waals surface area contributed by atoms with Crippen LogP contribution in [0, 0.1) is 5.92 Å². The molecule has 0 fully saturated rings. The zero-order valence-corrected chi connectivity index (χ0v) is 10.8. The van der Waals surface area contributed by atoms with Crippen LogP contribution in [0.5, 0.6) is 0 Å². The van der Waals surface area contributed by atoms with Gasteiger partial charge >= 0.3 is 5.97 Å². The van der Waals surface area contributed by atoms with Crippen LogP contribution in [0.1, 0.15) is 30.6 Å². The van der Waals surface area contributed by atoms with Gasteiger partial charge in [-0.2, -0.15) is 0 Å². The first-order chi connectivity index (χ1) is 8.61. The maximum atomic E-state index is 10.9. The number of hydrogen-bond donors (Lipinski definition) is 2. The van der Waals surface area contributed by atoms with E-state index in [-0.39, 0.29) is 5.56 Å². The molecule has 18 heavy (non-hydrogen) atoms. The van der Waals surface area contributed by atoms with Crippen LogP contribution < -0.4 is 5.32 Å². The predicted octanol–water partition coefficient (Wildman–Crippen LogP) is 2.25. The summed E-state index contributed by atoms with van der Waals surface area (Å²) in [6, 6.07) is 3.13. The second kappa shape index (κ2) is 7.66. The zero-order chi connectivity index (χ0) is 13.4. The SMILES string of the molecule is CC(C)CCOCCNc1ncccc1C(=O)O. The van der Waals surface area contributed by atoms with Crippen LogP contribution in [0.25, 0.3) is 0 Å². The molecule has 1 rings (SSSR count). The van der Waals surface area contributed by atoms with Crippen molar-refractivity contribution in [3.8, 4) is 0 Å². The lowest BCUT2D eigenvalue weighted by atomic mass is 10.1. The number of nitrogens with zero attached hydrogens (tertiary/aromatic N) is 1. The maximum Gasteiger partial charge on any atom is 0.339 e. The normalized spacial score (nSPS) is 10.6. The summed E-state index contributed by atoms with van der Waals surface area (Å²) in [4.78, 5) is 14.9. The number of anilines is 1. The Hall–Kier alpha value is -1.62. The second-order valence-electron chi connectivity index (χ2n) is 4.43. The smallest absolute Gasteiger partial charge is 0.339 e. The van der Waals surface area contributed by atoms with Gasteiger partial charge in [0.25, 0.3) is 0 Å². The number of hydrogen-bond acceptors (Lipinski definition) is 4. The van der Waals surface area contributed by atoms with Crippen molar-refractivity contribution in [2.75, 3.05) is 25.1 Å². The third-order valence-corrected chi connectivity index (χ3v) is 2.42. The third kappa shape index (κ3) is 5.14. The van der Waals surface area contributed by atoms with E-state index in [1.165, 1.54) is 6.07 Å². The van der Waals surface area contributed by atoms with Gasteiger partial charge in [0.15, 0.2) is 0 Å². The van der Waals surface area contributed by atoms with Gasteiger partial charge in [-0.3, -0.25) is 0 Å². The lowest BCUT2D eigenvalue weighted by Gasteiger charge is -2.09. The average Bonchev–Trinajstić information content (AvgIpc) is 2.33.